The molecule has 2 aromatic carbocycles. The number of nitrogens with one attached hydrogen (secondary N) is 1. The van der Waals surface area contributed by atoms with Crippen LogP contribution in [0.1, 0.15) is 11.1 Å². The van der Waals surface area contributed by atoms with Crippen molar-refractivity contribution in [3.05, 3.63) is 59.7 Å². The first-order chi connectivity index (χ1) is 10.7. The monoisotopic (exact) mass is 299 g/mol. The lowest BCUT2D eigenvalue weighted by Gasteiger charge is -2.09. The summed E-state index contributed by atoms with van der Waals surface area (Å²) in [5.41, 5.74) is 2.20. The van der Waals surface area contributed by atoms with Crippen LogP contribution in [0.2, 0.25) is 0 Å². The van der Waals surface area contributed by atoms with Gasteiger partial charge in [-0.15, -0.1) is 0 Å². The van der Waals surface area contributed by atoms with Gasteiger partial charge in [0.25, 0.3) is 0 Å². The Morgan fingerprint density at radius 1 is 1.09 bits per heavy atom. The Labute approximate surface area is 131 Å². The molecular formula is C18H21NO3. The fourth-order valence-electron chi connectivity index (χ4n) is 2.00. The molecular weight excluding hydrogens is 278 g/mol. The van der Waals surface area contributed by atoms with Crippen LogP contribution in [0.25, 0.3) is 0 Å². The van der Waals surface area contributed by atoms with Crippen molar-refractivity contribution in [1.82, 2.24) is 5.32 Å². The van der Waals surface area contributed by atoms with Crippen molar-refractivity contribution < 1.29 is 14.3 Å². The number of carbonyl (C=O) groups excluding carboxylic acids is 1. The van der Waals surface area contributed by atoms with Crippen molar-refractivity contribution in [2.75, 3.05) is 20.3 Å². The number of methoxy groups -OCH3 is 1. The summed E-state index contributed by atoms with van der Waals surface area (Å²) in [6.45, 7) is 2.93. The molecule has 0 aliphatic heterocycles. The molecule has 0 aliphatic carbocycles. The van der Waals surface area contributed by atoms with E-state index in [9.17, 15) is 4.79 Å². The normalized spacial score (nSPS) is 10.1. The first kappa shape index (κ1) is 15.9. The number of benzene rings is 2. The number of rotatable bonds is 7. The molecule has 2 rings (SSSR count). The number of ether oxygens (including phenoxy) is 2. The summed E-state index contributed by atoms with van der Waals surface area (Å²) in [4.78, 5) is 11.8. The molecule has 0 aliphatic rings. The maximum Gasteiger partial charge on any atom is 0.224 e. The SMILES string of the molecule is COc1cccc(OCCNC(=O)Cc2ccc(C)cc2)c1. The molecule has 0 radical (unpaired) electrons. The van der Waals surface area contributed by atoms with Gasteiger partial charge in [0.15, 0.2) is 0 Å². The Kier molecular flexibility index (Phi) is 5.83. The van der Waals surface area contributed by atoms with Gasteiger partial charge >= 0.3 is 0 Å². The molecule has 2 aromatic rings. The average molecular weight is 299 g/mol. The van der Waals surface area contributed by atoms with E-state index >= 15 is 0 Å². The highest BCUT2D eigenvalue weighted by molar-refractivity contribution is 5.78. The highest BCUT2D eigenvalue weighted by atomic mass is 16.5. The number of hydrogen-bond donors (Lipinski definition) is 1. The van der Waals surface area contributed by atoms with Gasteiger partial charge < -0.3 is 14.8 Å². The maximum absolute atomic E-state index is 11.8. The van der Waals surface area contributed by atoms with Gasteiger partial charge in [0.05, 0.1) is 20.1 Å². The van der Waals surface area contributed by atoms with E-state index < -0.39 is 0 Å². The van der Waals surface area contributed by atoms with Crippen molar-refractivity contribution in [1.29, 1.82) is 0 Å². The number of hydrogen-bond acceptors (Lipinski definition) is 3. The standard InChI is InChI=1S/C18H21NO3/c1-14-6-8-15(9-7-14)12-18(20)19-10-11-22-17-5-3-4-16(13-17)21-2/h3-9,13H,10-12H2,1-2H3,(H,19,20). The largest absolute Gasteiger partial charge is 0.497 e. The van der Waals surface area contributed by atoms with Crippen LogP contribution in [-0.4, -0.2) is 26.2 Å². The Balaban J connectivity index is 1.69. The highest BCUT2D eigenvalue weighted by Crippen LogP contribution is 2.18. The van der Waals surface area contributed by atoms with E-state index in [1.807, 2.05) is 55.5 Å². The Bertz CT molecular complexity index is 608. The van der Waals surface area contributed by atoms with Gasteiger partial charge in [-0.1, -0.05) is 35.9 Å². The van der Waals surface area contributed by atoms with Gasteiger partial charge in [-0.2, -0.15) is 0 Å². The Morgan fingerprint density at radius 2 is 1.82 bits per heavy atom. The number of carbonyl (C=O) groups is 1. The van der Waals surface area contributed by atoms with Gasteiger partial charge in [-0.25, -0.2) is 0 Å². The van der Waals surface area contributed by atoms with Crippen LogP contribution in [0.4, 0.5) is 0 Å². The van der Waals surface area contributed by atoms with E-state index in [0.717, 1.165) is 17.1 Å². The molecule has 0 atom stereocenters. The van der Waals surface area contributed by atoms with Crippen molar-refractivity contribution in [3.8, 4) is 11.5 Å². The van der Waals surface area contributed by atoms with E-state index in [1.165, 1.54) is 5.56 Å². The van der Waals surface area contributed by atoms with Crippen LogP contribution in [0.15, 0.2) is 48.5 Å². The Morgan fingerprint density at radius 3 is 2.55 bits per heavy atom. The molecule has 0 fully saturated rings. The van der Waals surface area contributed by atoms with Crippen LogP contribution in [0.5, 0.6) is 11.5 Å². The van der Waals surface area contributed by atoms with Crippen molar-refractivity contribution >= 4 is 5.91 Å². The fraction of sp³-hybridized carbons (Fsp3) is 0.278. The first-order valence-electron chi connectivity index (χ1n) is 7.26. The lowest BCUT2D eigenvalue weighted by Crippen LogP contribution is -2.29. The van der Waals surface area contributed by atoms with Gasteiger partial charge in [-0.3, -0.25) is 4.79 Å². The Hall–Kier alpha value is -2.49. The van der Waals surface area contributed by atoms with Gasteiger partial charge in [0.2, 0.25) is 5.91 Å². The summed E-state index contributed by atoms with van der Waals surface area (Å²) in [6.07, 6.45) is 0.388. The molecule has 0 heterocycles. The van der Waals surface area contributed by atoms with Crippen molar-refractivity contribution in [2.45, 2.75) is 13.3 Å². The molecule has 22 heavy (non-hydrogen) atoms. The minimum absolute atomic E-state index is 0.00176. The van der Waals surface area contributed by atoms with Crippen molar-refractivity contribution in [2.24, 2.45) is 0 Å². The fourth-order valence-corrected chi connectivity index (χ4v) is 2.00. The zero-order chi connectivity index (χ0) is 15.8. The maximum atomic E-state index is 11.8. The summed E-state index contributed by atoms with van der Waals surface area (Å²) < 4.78 is 10.7. The van der Waals surface area contributed by atoms with E-state index in [4.69, 9.17) is 9.47 Å². The second-order valence-electron chi connectivity index (χ2n) is 5.04. The molecule has 116 valence electrons. The molecule has 0 spiro atoms. The predicted octanol–water partition coefficient (Wildman–Crippen LogP) is 2.74. The van der Waals surface area contributed by atoms with Gasteiger partial charge in [0, 0.05) is 6.07 Å². The summed E-state index contributed by atoms with van der Waals surface area (Å²) >= 11 is 0. The predicted molar refractivity (Wildman–Crippen MR) is 86.4 cm³/mol. The third kappa shape index (κ3) is 5.13. The van der Waals surface area contributed by atoms with Gasteiger partial charge in [0.1, 0.15) is 18.1 Å². The molecule has 1 N–H and O–H groups in total. The minimum Gasteiger partial charge on any atom is -0.497 e. The summed E-state index contributed by atoms with van der Waals surface area (Å²) in [6, 6.07) is 15.4. The zero-order valence-corrected chi connectivity index (χ0v) is 13.0. The number of aryl methyl sites for hydroxylation is 1. The molecule has 0 saturated carbocycles. The highest BCUT2D eigenvalue weighted by Gasteiger charge is 2.03. The van der Waals surface area contributed by atoms with E-state index in [0.29, 0.717) is 19.6 Å². The molecule has 0 saturated heterocycles. The number of amides is 1. The molecule has 0 unspecified atom stereocenters. The van der Waals surface area contributed by atoms with Crippen LogP contribution in [-0.2, 0) is 11.2 Å². The molecule has 4 heteroatoms. The first-order valence-corrected chi connectivity index (χ1v) is 7.26. The van der Waals surface area contributed by atoms with Crippen LogP contribution in [0, 0.1) is 6.92 Å². The summed E-state index contributed by atoms with van der Waals surface area (Å²) in [5, 5.41) is 2.85. The second-order valence-corrected chi connectivity index (χ2v) is 5.04. The third-order valence-corrected chi connectivity index (χ3v) is 3.22. The quantitative estimate of drug-likeness (QED) is 0.800. The van der Waals surface area contributed by atoms with E-state index in [1.54, 1.807) is 7.11 Å². The van der Waals surface area contributed by atoms with Crippen LogP contribution < -0.4 is 14.8 Å². The zero-order valence-electron chi connectivity index (χ0n) is 13.0. The van der Waals surface area contributed by atoms with Crippen LogP contribution >= 0.6 is 0 Å². The summed E-state index contributed by atoms with van der Waals surface area (Å²) in [5.74, 6) is 1.48. The third-order valence-electron chi connectivity index (χ3n) is 3.22. The smallest absolute Gasteiger partial charge is 0.224 e. The van der Waals surface area contributed by atoms with Crippen molar-refractivity contribution in [3.63, 3.8) is 0 Å². The minimum atomic E-state index is -0.00176. The van der Waals surface area contributed by atoms with E-state index in [2.05, 4.69) is 5.32 Å². The van der Waals surface area contributed by atoms with E-state index in [-0.39, 0.29) is 5.91 Å². The van der Waals surface area contributed by atoms with Crippen LogP contribution in [0.3, 0.4) is 0 Å². The lowest BCUT2D eigenvalue weighted by atomic mass is 10.1. The topological polar surface area (TPSA) is 47.6 Å². The molecule has 0 aromatic heterocycles. The average Bonchev–Trinajstić information content (AvgIpc) is 2.54. The molecule has 1 amide bonds. The molecule has 4 nitrogen and oxygen atoms in total. The molecule has 0 bridgehead atoms. The van der Waals surface area contributed by atoms with Gasteiger partial charge in [-0.05, 0) is 24.6 Å². The lowest BCUT2D eigenvalue weighted by molar-refractivity contribution is -0.120. The summed E-state index contributed by atoms with van der Waals surface area (Å²) in [7, 11) is 1.62. The second kappa shape index (κ2) is 8.08.